The quantitative estimate of drug-likeness (QED) is 0.0469. The molecule has 0 aromatic heterocycles. The van der Waals surface area contributed by atoms with Gasteiger partial charge in [0.1, 0.15) is 19.8 Å². The van der Waals surface area contributed by atoms with Crippen molar-refractivity contribution < 1.29 is 28.6 Å². The predicted octanol–water partition coefficient (Wildman–Crippen LogP) is 14.4. The molecule has 0 saturated heterocycles. The van der Waals surface area contributed by atoms with Gasteiger partial charge in [-0.05, 0) is 138 Å². The summed E-state index contributed by atoms with van der Waals surface area (Å²) >= 11 is 0. The van der Waals surface area contributed by atoms with Crippen LogP contribution in [-0.4, -0.2) is 44.5 Å². The fourth-order valence-electron chi connectivity index (χ4n) is 9.81. The number of fused-ring (bicyclic) bond motifs is 6. The molecule has 2 aliphatic rings. The molecule has 5 aromatic rings. The van der Waals surface area contributed by atoms with Gasteiger partial charge >= 0.3 is 18.2 Å². The first-order chi connectivity index (χ1) is 33.3. The minimum absolute atomic E-state index is 0.0153. The molecule has 0 unspecified atom stereocenters. The molecular formula is C63H78N2O6. The lowest BCUT2D eigenvalue weighted by molar-refractivity contribution is -0.140. The summed E-state index contributed by atoms with van der Waals surface area (Å²) in [5.41, 5.74) is 17.9. The van der Waals surface area contributed by atoms with E-state index < -0.39 is 18.2 Å². The third kappa shape index (κ3) is 12.7. The van der Waals surface area contributed by atoms with E-state index in [0.717, 1.165) is 16.7 Å². The third-order valence-electron chi connectivity index (χ3n) is 14.2. The van der Waals surface area contributed by atoms with E-state index in [1.54, 1.807) is 6.92 Å². The summed E-state index contributed by atoms with van der Waals surface area (Å²) in [5.74, 6) is -0.562. The maximum absolute atomic E-state index is 13.3. The first kappa shape index (κ1) is 52.7. The van der Waals surface area contributed by atoms with E-state index in [4.69, 9.17) is 14.2 Å². The number of benzene rings is 5. The number of hydrogen-bond acceptors (Lipinski definition) is 6. The summed E-state index contributed by atoms with van der Waals surface area (Å²) in [6.07, 6.45) is 1.87. The van der Waals surface area contributed by atoms with Crippen LogP contribution in [0.3, 0.4) is 0 Å². The molecule has 2 N–H and O–H groups in total. The first-order valence-electron chi connectivity index (χ1n) is 25.6. The summed E-state index contributed by atoms with van der Waals surface area (Å²) in [7, 11) is 0. The van der Waals surface area contributed by atoms with Crippen LogP contribution in [0.2, 0.25) is 0 Å². The maximum atomic E-state index is 13.3. The van der Waals surface area contributed by atoms with Gasteiger partial charge in [-0.1, -0.05) is 181 Å². The van der Waals surface area contributed by atoms with Crippen molar-refractivity contribution in [3.63, 3.8) is 0 Å². The number of aryl methyl sites for hydroxylation is 2. The van der Waals surface area contributed by atoms with Crippen LogP contribution < -0.4 is 10.6 Å². The van der Waals surface area contributed by atoms with E-state index in [2.05, 4.69) is 179 Å². The van der Waals surface area contributed by atoms with Crippen LogP contribution in [0.4, 0.5) is 9.59 Å². The molecule has 0 radical (unpaired) electrons. The minimum atomic E-state index is -0.440. The van der Waals surface area contributed by atoms with Gasteiger partial charge in [-0.2, -0.15) is 0 Å². The number of carbonyl (C=O) groups excluding carboxylic acids is 3. The van der Waals surface area contributed by atoms with E-state index in [-0.39, 0.29) is 53.3 Å². The number of esters is 1. The fourth-order valence-corrected chi connectivity index (χ4v) is 9.81. The average molecular weight is 959 g/mol. The SMILES string of the molecule is C=C(C)C(=O)OCc1cc(CCCNC(=O)OCC2c3cc(C(C)(C)C)ccc3-c3ccc(C(C)(C)C)cc32)cc(CCCNC(=O)OCC2c3cc(C(C)(C)C)ccc3-c3ccc(C(C)(C)C)cc32)c1. The van der Waals surface area contributed by atoms with Gasteiger partial charge in [0.05, 0.1) is 0 Å². The second-order valence-electron chi connectivity index (χ2n) is 24.1. The first-order valence-corrected chi connectivity index (χ1v) is 25.6. The third-order valence-corrected chi connectivity index (χ3v) is 14.2. The number of nitrogens with one attached hydrogen (secondary N) is 2. The lowest BCUT2D eigenvalue weighted by Crippen LogP contribution is -2.27. The molecule has 0 fully saturated rings. The summed E-state index contributed by atoms with van der Waals surface area (Å²) in [4.78, 5) is 38.9. The van der Waals surface area contributed by atoms with Gasteiger partial charge in [0, 0.05) is 30.5 Å². The van der Waals surface area contributed by atoms with Crippen molar-refractivity contribution in [3.05, 3.63) is 164 Å². The van der Waals surface area contributed by atoms with Gasteiger partial charge in [-0.3, -0.25) is 0 Å². The van der Waals surface area contributed by atoms with Crippen molar-refractivity contribution in [2.75, 3.05) is 26.3 Å². The Hall–Kier alpha value is -6.15. The molecule has 2 aliphatic carbocycles. The Kier molecular flexibility index (Phi) is 15.5. The number of ether oxygens (including phenoxy) is 3. The van der Waals surface area contributed by atoms with Crippen molar-refractivity contribution in [1.82, 2.24) is 10.6 Å². The zero-order chi connectivity index (χ0) is 51.6. The average Bonchev–Trinajstić information content (AvgIpc) is 3.78. The zero-order valence-corrected chi connectivity index (χ0v) is 44.8. The summed E-state index contributed by atoms with van der Waals surface area (Å²) in [6, 6.07) is 33.2. The predicted molar refractivity (Wildman–Crippen MR) is 289 cm³/mol. The van der Waals surface area contributed by atoms with Gasteiger partial charge in [0.15, 0.2) is 0 Å². The molecular weight excluding hydrogens is 881 g/mol. The number of alkyl carbamates (subject to hydrolysis) is 2. The smallest absolute Gasteiger partial charge is 0.407 e. The van der Waals surface area contributed by atoms with Crippen molar-refractivity contribution in [3.8, 4) is 22.3 Å². The van der Waals surface area contributed by atoms with Crippen LogP contribution in [0, 0.1) is 0 Å². The van der Waals surface area contributed by atoms with E-state index >= 15 is 0 Å². The van der Waals surface area contributed by atoms with E-state index in [1.165, 1.54) is 66.8 Å². The van der Waals surface area contributed by atoms with Gasteiger partial charge in [-0.15, -0.1) is 0 Å². The van der Waals surface area contributed by atoms with Crippen LogP contribution in [0.15, 0.2) is 103 Å². The molecule has 71 heavy (non-hydrogen) atoms. The maximum Gasteiger partial charge on any atom is 0.407 e. The standard InChI is InChI=1S/C63H78N2O6/c1-39(2)57(66)69-36-42-30-40(17-15-27-64-58(67)70-37-55-51-32-43(60(3,4)5)19-23-47(51)48-24-20-44(33-52(48)55)61(6,7)8)29-41(31-42)18-16-28-65-59(68)71-38-56-53-34-45(62(9,10)11)21-25-49(53)50-26-22-46(35-54(50)56)63(12,13)14/h19-26,29-35,55-56H,1,15-18,27-28,36-38H2,2-14H3,(H,64,67)(H,65,68). The summed E-state index contributed by atoms with van der Waals surface area (Å²) in [5, 5.41) is 5.99. The molecule has 0 spiro atoms. The van der Waals surface area contributed by atoms with E-state index in [9.17, 15) is 14.4 Å². The molecule has 0 aliphatic heterocycles. The minimum Gasteiger partial charge on any atom is -0.457 e. The Labute approximate surface area is 424 Å². The molecule has 2 amide bonds. The molecule has 0 saturated carbocycles. The summed E-state index contributed by atoms with van der Waals surface area (Å²) < 4.78 is 17.5. The van der Waals surface area contributed by atoms with Gasteiger partial charge in [0.2, 0.25) is 0 Å². The Morgan fingerprint density at radius 2 is 0.775 bits per heavy atom. The molecule has 8 heteroatoms. The molecule has 0 heterocycles. The van der Waals surface area contributed by atoms with Crippen LogP contribution in [0.5, 0.6) is 0 Å². The highest BCUT2D eigenvalue weighted by atomic mass is 16.6. The van der Waals surface area contributed by atoms with E-state index in [1.807, 2.05) is 12.1 Å². The molecule has 7 rings (SSSR count). The summed E-state index contributed by atoms with van der Waals surface area (Å²) in [6.45, 7) is 33.5. The monoisotopic (exact) mass is 959 g/mol. The Balaban J connectivity index is 0.942. The Bertz CT molecular complexity index is 2510. The van der Waals surface area contributed by atoms with Gasteiger partial charge < -0.3 is 24.8 Å². The van der Waals surface area contributed by atoms with Crippen LogP contribution in [-0.2, 0) is 60.1 Å². The second kappa shape index (κ2) is 20.9. The van der Waals surface area contributed by atoms with Crippen molar-refractivity contribution in [2.24, 2.45) is 0 Å². The van der Waals surface area contributed by atoms with Crippen molar-refractivity contribution in [2.45, 2.75) is 156 Å². The fraction of sp³-hybridized carbons (Fsp3) is 0.444. The normalized spacial score (nSPS) is 13.5. The van der Waals surface area contributed by atoms with Crippen LogP contribution >= 0.6 is 0 Å². The molecule has 5 aromatic carbocycles. The van der Waals surface area contributed by atoms with Crippen LogP contribution in [0.1, 0.15) is 176 Å². The molecule has 0 bridgehead atoms. The Morgan fingerprint density at radius 1 is 0.465 bits per heavy atom. The lowest BCUT2D eigenvalue weighted by Gasteiger charge is -2.22. The van der Waals surface area contributed by atoms with Crippen molar-refractivity contribution in [1.29, 1.82) is 0 Å². The largest absolute Gasteiger partial charge is 0.457 e. The highest BCUT2D eigenvalue weighted by Crippen LogP contribution is 2.49. The lowest BCUT2D eigenvalue weighted by atomic mass is 9.83. The molecule has 0 atom stereocenters. The van der Waals surface area contributed by atoms with Gasteiger partial charge in [-0.25, -0.2) is 14.4 Å². The van der Waals surface area contributed by atoms with Crippen LogP contribution in [0.25, 0.3) is 22.3 Å². The van der Waals surface area contributed by atoms with E-state index in [0.29, 0.717) is 44.3 Å². The zero-order valence-electron chi connectivity index (χ0n) is 44.8. The Morgan fingerprint density at radius 3 is 1.07 bits per heavy atom. The molecule has 376 valence electrons. The van der Waals surface area contributed by atoms with Crippen molar-refractivity contribution >= 4 is 18.2 Å². The molecule has 8 nitrogen and oxygen atoms in total. The number of hydrogen-bond donors (Lipinski definition) is 2. The topological polar surface area (TPSA) is 103 Å². The van der Waals surface area contributed by atoms with Gasteiger partial charge in [0.25, 0.3) is 0 Å². The number of rotatable bonds is 15. The highest BCUT2D eigenvalue weighted by Gasteiger charge is 2.34. The second-order valence-corrected chi connectivity index (χ2v) is 24.1. The highest BCUT2D eigenvalue weighted by molar-refractivity contribution is 5.87. The number of amides is 2. The number of carbonyl (C=O) groups is 3.